The average Bonchev–Trinajstić information content (AvgIpc) is 3.03. The Morgan fingerprint density at radius 2 is 2.04 bits per heavy atom. The van der Waals surface area contributed by atoms with Crippen molar-refractivity contribution in [2.24, 2.45) is 0 Å². The van der Waals surface area contributed by atoms with Gasteiger partial charge in [-0.2, -0.15) is 13.2 Å². The Labute approximate surface area is 163 Å². The summed E-state index contributed by atoms with van der Waals surface area (Å²) in [4.78, 5) is 14.2. The number of benzene rings is 1. The Morgan fingerprint density at radius 3 is 2.63 bits per heavy atom. The molecule has 27 heavy (non-hydrogen) atoms. The minimum atomic E-state index is -4.49. The Kier molecular flexibility index (Phi) is 6.02. The summed E-state index contributed by atoms with van der Waals surface area (Å²) in [5.41, 5.74) is -0.883. The number of carbonyl (C=O) groups excluding carboxylic acids is 1. The quantitative estimate of drug-likeness (QED) is 0.802. The Balaban J connectivity index is 1.55. The molecule has 0 aliphatic carbocycles. The van der Waals surface area contributed by atoms with E-state index in [-0.39, 0.29) is 23.2 Å². The third-order valence-electron chi connectivity index (χ3n) is 4.41. The SMILES string of the molecule is Cc1nnc(C2CCN(CC(=O)Nc3cc(C(F)(F)F)ccc3Cl)CC2)s1. The molecule has 5 nitrogen and oxygen atoms in total. The van der Waals surface area contributed by atoms with Crippen LogP contribution >= 0.6 is 22.9 Å². The Bertz CT molecular complexity index is 819. The summed E-state index contributed by atoms with van der Waals surface area (Å²) in [6.45, 7) is 3.45. The maximum Gasteiger partial charge on any atom is 0.416 e. The zero-order chi connectivity index (χ0) is 19.6. The van der Waals surface area contributed by atoms with E-state index in [9.17, 15) is 18.0 Å². The van der Waals surface area contributed by atoms with Crippen molar-refractivity contribution >= 4 is 34.5 Å². The highest BCUT2D eigenvalue weighted by atomic mass is 35.5. The summed E-state index contributed by atoms with van der Waals surface area (Å²) in [7, 11) is 0. The summed E-state index contributed by atoms with van der Waals surface area (Å²) in [6, 6.07) is 2.87. The van der Waals surface area contributed by atoms with Gasteiger partial charge in [0, 0.05) is 5.92 Å². The van der Waals surface area contributed by atoms with Gasteiger partial charge < -0.3 is 5.32 Å². The fourth-order valence-electron chi connectivity index (χ4n) is 3.01. The molecule has 0 bridgehead atoms. The number of anilines is 1. The first-order chi connectivity index (χ1) is 12.7. The number of aromatic nitrogens is 2. The molecule has 0 unspecified atom stereocenters. The topological polar surface area (TPSA) is 58.1 Å². The van der Waals surface area contributed by atoms with E-state index in [0.717, 1.165) is 41.1 Å². The predicted octanol–water partition coefficient (Wildman–Crippen LogP) is 4.34. The minimum absolute atomic E-state index is 0.0317. The number of alkyl halides is 3. The van der Waals surface area contributed by atoms with E-state index in [1.807, 2.05) is 11.8 Å². The molecular formula is C17H18ClF3N4OS. The Hall–Kier alpha value is -1.71. The van der Waals surface area contributed by atoms with Gasteiger partial charge in [0.25, 0.3) is 0 Å². The van der Waals surface area contributed by atoms with E-state index in [1.54, 1.807) is 11.3 Å². The van der Waals surface area contributed by atoms with Gasteiger partial charge in [-0.3, -0.25) is 9.69 Å². The lowest BCUT2D eigenvalue weighted by Crippen LogP contribution is -2.38. The van der Waals surface area contributed by atoms with Gasteiger partial charge in [-0.1, -0.05) is 11.6 Å². The van der Waals surface area contributed by atoms with Crippen LogP contribution in [0.25, 0.3) is 0 Å². The molecule has 2 heterocycles. The highest BCUT2D eigenvalue weighted by Gasteiger charge is 2.31. The van der Waals surface area contributed by atoms with Crippen LogP contribution in [0, 0.1) is 6.92 Å². The van der Waals surface area contributed by atoms with Crippen LogP contribution in [0.1, 0.15) is 34.3 Å². The lowest BCUT2D eigenvalue weighted by molar-refractivity contribution is -0.137. The van der Waals surface area contributed by atoms with Crippen molar-refractivity contribution in [3.63, 3.8) is 0 Å². The maximum atomic E-state index is 12.8. The van der Waals surface area contributed by atoms with Gasteiger partial charge in [-0.15, -0.1) is 21.5 Å². The van der Waals surface area contributed by atoms with Crippen molar-refractivity contribution < 1.29 is 18.0 Å². The van der Waals surface area contributed by atoms with Crippen LogP contribution in [0.3, 0.4) is 0 Å². The molecular weight excluding hydrogens is 401 g/mol. The number of nitrogens with one attached hydrogen (secondary N) is 1. The summed E-state index contributed by atoms with van der Waals surface area (Å²) < 4.78 is 38.4. The fourth-order valence-corrected chi connectivity index (χ4v) is 4.04. The van der Waals surface area contributed by atoms with Crippen LogP contribution in [0.15, 0.2) is 18.2 Å². The molecule has 0 saturated carbocycles. The van der Waals surface area contributed by atoms with Crippen molar-refractivity contribution in [2.75, 3.05) is 25.0 Å². The maximum absolute atomic E-state index is 12.8. The van der Waals surface area contributed by atoms with E-state index in [2.05, 4.69) is 15.5 Å². The third kappa shape index (κ3) is 5.18. The van der Waals surface area contributed by atoms with E-state index in [0.29, 0.717) is 19.0 Å². The molecule has 1 aliphatic heterocycles. The highest BCUT2D eigenvalue weighted by molar-refractivity contribution is 7.11. The number of carbonyl (C=O) groups is 1. The van der Waals surface area contributed by atoms with Gasteiger partial charge in [0.05, 0.1) is 22.8 Å². The highest BCUT2D eigenvalue weighted by Crippen LogP contribution is 2.34. The molecule has 1 N–H and O–H groups in total. The van der Waals surface area contributed by atoms with Crippen LogP contribution in [-0.4, -0.2) is 40.6 Å². The van der Waals surface area contributed by atoms with E-state index < -0.39 is 11.7 Å². The average molecular weight is 419 g/mol. The molecule has 1 amide bonds. The number of likely N-dealkylation sites (tertiary alicyclic amines) is 1. The van der Waals surface area contributed by atoms with Gasteiger partial charge >= 0.3 is 6.18 Å². The summed E-state index contributed by atoms with van der Waals surface area (Å²) in [5, 5.41) is 12.7. The molecule has 10 heteroatoms. The van der Waals surface area contributed by atoms with Crippen molar-refractivity contribution in [3.8, 4) is 0 Å². The Morgan fingerprint density at radius 1 is 1.33 bits per heavy atom. The molecule has 0 spiro atoms. The zero-order valence-corrected chi connectivity index (χ0v) is 16.1. The molecule has 1 aliphatic rings. The smallest absolute Gasteiger partial charge is 0.324 e. The van der Waals surface area contributed by atoms with Gasteiger partial charge in [0.15, 0.2) is 0 Å². The largest absolute Gasteiger partial charge is 0.416 e. The summed E-state index contributed by atoms with van der Waals surface area (Å²) >= 11 is 7.50. The predicted molar refractivity (Wildman–Crippen MR) is 98.1 cm³/mol. The number of rotatable bonds is 4. The van der Waals surface area contributed by atoms with Crippen molar-refractivity contribution in [1.82, 2.24) is 15.1 Å². The van der Waals surface area contributed by atoms with Gasteiger partial charge in [-0.05, 0) is 51.1 Å². The van der Waals surface area contributed by atoms with Crippen molar-refractivity contribution in [2.45, 2.75) is 31.9 Å². The van der Waals surface area contributed by atoms with Crippen LogP contribution in [0.4, 0.5) is 18.9 Å². The third-order valence-corrected chi connectivity index (χ3v) is 5.74. The molecule has 0 radical (unpaired) electrons. The number of hydrogen-bond acceptors (Lipinski definition) is 5. The molecule has 146 valence electrons. The fraction of sp³-hybridized carbons (Fsp3) is 0.471. The summed E-state index contributed by atoms with van der Waals surface area (Å²) in [5.74, 6) is -0.0464. The molecule has 0 atom stereocenters. The second-order valence-corrected chi connectivity index (χ2v) is 8.07. The molecule has 1 aromatic carbocycles. The second kappa shape index (κ2) is 8.12. The van der Waals surface area contributed by atoms with E-state index in [4.69, 9.17) is 11.6 Å². The zero-order valence-electron chi connectivity index (χ0n) is 14.5. The van der Waals surface area contributed by atoms with Crippen LogP contribution in [0.5, 0.6) is 0 Å². The van der Waals surface area contributed by atoms with E-state index in [1.165, 1.54) is 0 Å². The van der Waals surface area contributed by atoms with Crippen LogP contribution in [0.2, 0.25) is 5.02 Å². The molecule has 1 fully saturated rings. The normalized spacial score (nSPS) is 16.5. The molecule has 3 rings (SSSR count). The summed E-state index contributed by atoms with van der Waals surface area (Å²) in [6.07, 6.45) is -2.76. The number of amides is 1. The van der Waals surface area contributed by atoms with E-state index >= 15 is 0 Å². The van der Waals surface area contributed by atoms with Crippen LogP contribution < -0.4 is 5.32 Å². The standard InChI is InChI=1S/C17H18ClF3N4OS/c1-10-23-24-16(27-10)11-4-6-25(7-5-11)9-15(26)22-14-8-12(17(19,20)21)2-3-13(14)18/h2-3,8,11H,4-7,9H2,1H3,(H,22,26). The lowest BCUT2D eigenvalue weighted by Gasteiger charge is -2.30. The first-order valence-corrected chi connectivity index (χ1v) is 9.61. The van der Waals surface area contributed by atoms with Crippen molar-refractivity contribution in [3.05, 3.63) is 38.8 Å². The monoisotopic (exact) mass is 418 g/mol. The van der Waals surface area contributed by atoms with Gasteiger partial charge in [0.1, 0.15) is 10.0 Å². The first kappa shape index (κ1) is 20.0. The number of nitrogens with zero attached hydrogens (tertiary/aromatic N) is 3. The molecule has 1 saturated heterocycles. The lowest BCUT2D eigenvalue weighted by atomic mass is 9.98. The number of hydrogen-bond donors (Lipinski definition) is 1. The van der Waals surface area contributed by atoms with Gasteiger partial charge in [-0.25, -0.2) is 0 Å². The number of piperidine rings is 1. The van der Waals surface area contributed by atoms with Gasteiger partial charge in [0.2, 0.25) is 5.91 Å². The van der Waals surface area contributed by atoms with Crippen molar-refractivity contribution in [1.29, 1.82) is 0 Å². The number of halogens is 4. The second-order valence-electron chi connectivity index (χ2n) is 6.45. The first-order valence-electron chi connectivity index (χ1n) is 8.41. The number of aryl methyl sites for hydroxylation is 1. The minimum Gasteiger partial charge on any atom is -0.324 e. The van der Waals surface area contributed by atoms with Crippen LogP contribution in [-0.2, 0) is 11.0 Å². The molecule has 1 aromatic heterocycles. The molecule has 2 aromatic rings.